The van der Waals surface area contributed by atoms with E-state index in [-0.39, 0.29) is 35.0 Å². The quantitative estimate of drug-likeness (QED) is 0.119. The fraction of sp³-hybridized carbons (Fsp3) is 0.424. The van der Waals surface area contributed by atoms with E-state index in [9.17, 15) is 29.1 Å². The Kier molecular flexibility index (Phi) is 12.2. The van der Waals surface area contributed by atoms with Crippen molar-refractivity contribution in [3.05, 3.63) is 82.4 Å². The van der Waals surface area contributed by atoms with Crippen molar-refractivity contribution in [2.75, 3.05) is 26.7 Å². The number of thioether (sulfide) groups is 1. The molecule has 0 bridgehead atoms. The Morgan fingerprint density at radius 3 is 2.06 bits per heavy atom. The average molecular weight is 715 g/mol. The predicted molar refractivity (Wildman–Crippen MR) is 179 cm³/mol. The Hall–Kier alpha value is -4.09. The molecule has 14 nitrogen and oxygen atoms in total. The number of likely N-dealkylation sites (tertiary alicyclic amines) is 1. The van der Waals surface area contributed by atoms with Crippen LogP contribution >= 0.6 is 23.9 Å². The molecule has 6 atom stereocenters. The molecule has 3 aliphatic rings. The Labute approximate surface area is 291 Å². The molecule has 3 aliphatic heterocycles. The lowest BCUT2D eigenvalue weighted by Gasteiger charge is -2.53. The van der Waals surface area contributed by atoms with Gasteiger partial charge in [0.2, 0.25) is 19.5 Å². The topological polar surface area (TPSA) is 187 Å². The third kappa shape index (κ3) is 8.38. The van der Waals surface area contributed by atoms with Crippen molar-refractivity contribution in [2.45, 2.75) is 50.1 Å². The monoisotopic (exact) mass is 714 g/mol. The number of aliphatic hydroxyl groups is 1. The van der Waals surface area contributed by atoms with Crippen LogP contribution in [0.3, 0.4) is 0 Å². The zero-order valence-corrected chi connectivity index (χ0v) is 28.5. The summed E-state index contributed by atoms with van der Waals surface area (Å²) >= 11 is 2.27. The van der Waals surface area contributed by atoms with Crippen molar-refractivity contribution in [1.82, 2.24) is 14.5 Å². The summed E-state index contributed by atoms with van der Waals surface area (Å²) < 4.78 is 23.9. The van der Waals surface area contributed by atoms with E-state index in [2.05, 4.69) is 4.72 Å². The summed E-state index contributed by atoms with van der Waals surface area (Å²) in [5.41, 5.74) is 0.640. The molecule has 2 amide bonds. The highest BCUT2D eigenvalue weighted by molar-refractivity contribution is 8.03. The van der Waals surface area contributed by atoms with E-state index in [1.165, 1.54) is 21.6 Å². The van der Waals surface area contributed by atoms with Gasteiger partial charge in [0.25, 0.3) is 0 Å². The van der Waals surface area contributed by atoms with Crippen LogP contribution < -0.4 is 9.86 Å². The number of esters is 3. The molecular weight excluding hydrogens is 677 g/mol. The maximum Gasteiger partial charge on any atom is 0.412 e. The first-order valence-electron chi connectivity index (χ1n) is 15.7. The van der Waals surface area contributed by atoms with Gasteiger partial charge < -0.3 is 33.9 Å². The second-order valence-corrected chi connectivity index (χ2v) is 13.7. The molecule has 2 aromatic rings. The van der Waals surface area contributed by atoms with E-state index in [1.54, 1.807) is 67.6 Å². The molecule has 0 saturated carbocycles. The molecule has 5 rings (SSSR count). The molecule has 262 valence electrons. The number of nitrogens with one attached hydrogen (secondary N) is 1. The Balaban J connectivity index is 1.29. The van der Waals surface area contributed by atoms with Crippen LogP contribution in [-0.2, 0) is 28.5 Å². The van der Waals surface area contributed by atoms with Crippen LogP contribution in [-0.4, -0.2) is 94.9 Å². The molecule has 3 heterocycles. The minimum atomic E-state index is -0.908. The maximum atomic E-state index is 13.6. The van der Waals surface area contributed by atoms with Gasteiger partial charge in [0.05, 0.1) is 29.2 Å². The number of hydrogen-bond donors (Lipinski definition) is 3. The molecule has 0 radical (unpaired) electrons. The van der Waals surface area contributed by atoms with E-state index in [1.807, 2.05) is 6.92 Å². The van der Waals surface area contributed by atoms with Crippen LogP contribution in [0.5, 0.6) is 0 Å². The minimum absolute atomic E-state index is 0.0347. The maximum absolute atomic E-state index is 13.6. The zero-order chi connectivity index (χ0) is 35.1. The van der Waals surface area contributed by atoms with Crippen molar-refractivity contribution in [2.24, 2.45) is 17.0 Å². The number of benzene rings is 2. The van der Waals surface area contributed by atoms with Crippen LogP contribution in [0, 0.1) is 11.8 Å². The Morgan fingerprint density at radius 1 is 0.918 bits per heavy atom. The lowest BCUT2D eigenvalue weighted by Crippen LogP contribution is -2.66. The summed E-state index contributed by atoms with van der Waals surface area (Å²) in [5, 5.41) is 15.6. The summed E-state index contributed by atoms with van der Waals surface area (Å²) in [5.74, 6) is -3.42. The lowest BCUT2D eigenvalue weighted by atomic mass is 9.75. The number of fused-ring (bicyclic) bond motifs is 1. The number of allylic oxidation sites excluding steroid dienone is 1. The standard InChI is InChI=1S/C33H38N4O10S2/c1-19-13-25-26(20(2)38)29(39)37(25)27(32(42)46-17-44-30(40)21-9-5-3-6-10-21)28(19)48-24-14-23(15-35-49-34)36(16-24)33(43)47-18-45-31(41)22-11-7-4-8-12-22/h3-12,19-20,23-26,35,38H,13-18,34H2,1-2H3. The van der Waals surface area contributed by atoms with Gasteiger partial charge in [-0.25, -0.2) is 23.9 Å². The summed E-state index contributed by atoms with van der Waals surface area (Å²) in [6.07, 6.45) is -0.614. The summed E-state index contributed by atoms with van der Waals surface area (Å²) in [6.45, 7) is 2.77. The Morgan fingerprint density at radius 2 is 1.49 bits per heavy atom. The fourth-order valence-corrected chi connectivity index (χ4v) is 8.07. The van der Waals surface area contributed by atoms with Crippen LogP contribution in [0.25, 0.3) is 0 Å². The molecule has 2 aromatic carbocycles. The third-order valence-corrected chi connectivity index (χ3v) is 10.4. The van der Waals surface area contributed by atoms with Gasteiger partial charge in [0.15, 0.2) is 0 Å². The van der Waals surface area contributed by atoms with E-state index in [4.69, 9.17) is 24.1 Å². The largest absolute Gasteiger partial charge is 0.424 e. The molecule has 0 aromatic heterocycles. The van der Waals surface area contributed by atoms with Gasteiger partial charge >= 0.3 is 24.0 Å². The van der Waals surface area contributed by atoms with E-state index in [0.717, 1.165) is 12.1 Å². The Bertz CT molecular complexity index is 1560. The highest BCUT2D eigenvalue weighted by atomic mass is 32.2. The molecule has 4 N–H and O–H groups in total. The fourth-order valence-electron chi connectivity index (χ4n) is 6.25. The number of hydrogen-bond acceptors (Lipinski definition) is 14. The number of nitrogens with two attached hydrogens (primary N) is 1. The first-order chi connectivity index (χ1) is 23.6. The second-order valence-electron chi connectivity index (χ2n) is 11.8. The summed E-state index contributed by atoms with van der Waals surface area (Å²) in [7, 11) is 0. The molecular formula is C33H38N4O10S2. The molecule has 2 fully saturated rings. The zero-order valence-electron chi connectivity index (χ0n) is 26.9. The van der Waals surface area contributed by atoms with Crippen molar-refractivity contribution >= 4 is 53.8 Å². The number of aliphatic hydroxyl groups excluding tert-OH is 1. The summed E-state index contributed by atoms with van der Waals surface area (Å²) in [4.78, 5) is 68.2. The highest BCUT2D eigenvalue weighted by Gasteiger charge is 2.56. The minimum Gasteiger partial charge on any atom is -0.424 e. The van der Waals surface area contributed by atoms with Gasteiger partial charge in [-0.05, 0) is 49.9 Å². The van der Waals surface area contributed by atoms with E-state index in [0.29, 0.717) is 29.9 Å². The lowest BCUT2D eigenvalue weighted by molar-refractivity contribution is -0.169. The molecule has 0 aliphatic carbocycles. The normalized spacial score (nSPS) is 23.7. The molecule has 2 saturated heterocycles. The number of amides is 2. The van der Waals surface area contributed by atoms with Gasteiger partial charge in [-0.3, -0.25) is 9.93 Å². The van der Waals surface area contributed by atoms with Crippen molar-refractivity contribution in [3.63, 3.8) is 0 Å². The van der Waals surface area contributed by atoms with E-state index >= 15 is 0 Å². The number of carbonyl (C=O) groups is 5. The number of β-lactam (4-membered cyclic amide) rings is 1. The van der Waals surface area contributed by atoms with Gasteiger partial charge in [-0.15, -0.1) is 11.8 Å². The predicted octanol–water partition coefficient (Wildman–Crippen LogP) is 3.04. The first-order valence-corrected chi connectivity index (χ1v) is 17.4. The highest BCUT2D eigenvalue weighted by Crippen LogP contribution is 2.49. The smallest absolute Gasteiger partial charge is 0.412 e. The average Bonchev–Trinajstić information content (AvgIpc) is 3.51. The van der Waals surface area contributed by atoms with Crippen molar-refractivity contribution in [1.29, 1.82) is 0 Å². The summed E-state index contributed by atoms with van der Waals surface area (Å²) in [6, 6.07) is 15.8. The molecule has 6 unspecified atom stereocenters. The van der Waals surface area contributed by atoms with Gasteiger partial charge in [0, 0.05) is 41.4 Å². The SMILES string of the molecule is CC1CC2C(C(C)O)C(=O)N2C(C(=O)OCOC(=O)c2ccccc2)=C1SC1CC(CNSN)N(C(=O)OCOC(=O)c2ccccc2)C1. The number of carbonyl (C=O) groups excluding carboxylic acids is 5. The van der Waals surface area contributed by atoms with Gasteiger partial charge in [-0.1, -0.05) is 43.3 Å². The molecule has 16 heteroatoms. The van der Waals surface area contributed by atoms with Gasteiger partial charge in [0.1, 0.15) is 5.70 Å². The number of nitrogens with zero attached hydrogens (tertiary/aromatic N) is 2. The molecule has 49 heavy (non-hydrogen) atoms. The van der Waals surface area contributed by atoms with Gasteiger partial charge in [-0.2, -0.15) is 0 Å². The van der Waals surface area contributed by atoms with Crippen LogP contribution in [0.4, 0.5) is 4.79 Å². The second kappa shape index (κ2) is 16.5. The first kappa shape index (κ1) is 36.2. The van der Waals surface area contributed by atoms with Crippen molar-refractivity contribution < 1.29 is 48.0 Å². The molecule has 0 spiro atoms. The van der Waals surface area contributed by atoms with Crippen molar-refractivity contribution in [3.8, 4) is 0 Å². The van der Waals surface area contributed by atoms with Crippen LogP contribution in [0.2, 0.25) is 0 Å². The van der Waals surface area contributed by atoms with E-state index < -0.39 is 61.6 Å². The number of ether oxygens (including phenoxy) is 4. The number of rotatable bonds is 13. The van der Waals surface area contributed by atoms with Crippen LogP contribution in [0.15, 0.2) is 71.3 Å². The third-order valence-electron chi connectivity index (χ3n) is 8.58. The van der Waals surface area contributed by atoms with Crippen LogP contribution in [0.1, 0.15) is 47.4 Å².